The fourth-order valence-corrected chi connectivity index (χ4v) is 4.35. The van der Waals surface area contributed by atoms with Gasteiger partial charge in [-0.15, -0.1) is 0 Å². The maximum Gasteiger partial charge on any atom is 0.274 e. The molecule has 2 aliphatic rings. The quantitative estimate of drug-likeness (QED) is 0.927. The zero-order valence-electron chi connectivity index (χ0n) is 14.1. The molecule has 3 heterocycles. The van der Waals surface area contributed by atoms with Crippen molar-refractivity contribution in [2.75, 3.05) is 7.11 Å². The van der Waals surface area contributed by atoms with Crippen LogP contribution >= 0.6 is 0 Å². The van der Waals surface area contributed by atoms with Crippen molar-refractivity contribution in [2.24, 2.45) is 0 Å². The Morgan fingerprint density at radius 3 is 2.60 bits per heavy atom. The second-order valence-corrected chi connectivity index (χ2v) is 6.83. The standard InChI is InChI=1S/C19H21N3O3/c1-25-17-5-3-2-4-15(17)19(24)10-13-6-7-14(11-19)22(13)18(23)16-12-20-8-9-21-16/h2-5,8-9,12-14,24H,6-7,10-11H2,1H3. The Kier molecular flexibility index (Phi) is 3.92. The van der Waals surface area contributed by atoms with Gasteiger partial charge in [0, 0.05) is 42.9 Å². The molecule has 1 N–H and O–H groups in total. The van der Waals surface area contributed by atoms with Gasteiger partial charge < -0.3 is 14.7 Å². The molecule has 1 amide bonds. The van der Waals surface area contributed by atoms with E-state index in [1.54, 1.807) is 13.3 Å². The van der Waals surface area contributed by atoms with Crippen molar-refractivity contribution in [3.63, 3.8) is 0 Å². The SMILES string of the molecule is COc1ccccc1C1(O)CC2CCC(C1)N2C(=O)c1cnccn1. The minimum Gasteiger partial charge on any atom is -0.496 e. The molecule has 2 aliphatic heterocycles. The topological polar surface area (TPSA) is 75.6 Å². The van der Waals surface area contributed by atoms with E-state index < -0.39 is 5.60 Å². The maximum absolute atomic E-state index is 12.8. The van der Waals surface area contributed by atoms with E-state index in [4.69, 9.17) is 4.74 Å². The number of aromatic nitrogens is 2. The highest BCUT2D eigenvalue weighted by Crippen LogP contribution is 2.48. The molecule has 0 saturated carbocycles. The van der Waals surface area contributed by atoms with Crippen LogP contribution in [-0.2, 0) is 5.60 Å². The Morgan fingerprint density at radius 1 is 1.24 bits per heavy atom. The lowest BCUT2D eigenvalue weighted by Gasteiger charge is -2.44. The van der Waals surface area contributed by atoms with Gasteiger partial charge in [-0.3, -0.25) is 9.78 Å². The molecule has 2 aromatic rings. The lowest BCUT2D eigenvalue weighted by atomic mass is 9.80. The van der Waals surface area contributed by atoms with Crippen molar-refractivity contribution in [2.45, 2.75) is 43.4 Å². The van der Waals surface area contributed by atoms with Crippen LogP contribution in [-0.4, -0.2) is 45.1 Å². The molecule has 4 rings (SSSR count). The van der Waals surface area contributed by atoms with E-state index in [0.29, 0.717) is 24.3 Å². The summed E-state index contributed by atoms with van der Waals surface area (Å²) in [4.78, 5) is 22.9. The van der Waals surface area contributed by atoms with Gasteiger partial charge in [0.15, 0.2) is 0 Å². The van der Waals surface area contributed by atoms with Gasteiger partial charge >= 0.3 is 0 Å². The molecule has 1 aromatic carbocycles. The van der Waals surface area contributed by atoms with Crippen molar-refractivity contribution in [3.8, 4) is 5.75 Å². The number of carbonyl (C=O) groups excluding carboxylic acids is 1. The Morgan fingerprint density at radius 2 is 1.96 bits per heavy atom. The number of nitrogens with zero attached hydrogens (tertiary/aromatic N) is 3. The molecule has 2 atom stereocenters. The third kappa shape index (κ3) is 2.66. The Labute approximate surface area is 146 Å². The van der Waals surface area contributed by atoms with Gasteiger partial charge in [0.1, 0.15) is 11.4 Å². The van der Waals surface area contributed by atoms with Crippen LogP contribution in [0, 0.1) is 0 Å². The smallest absolute Gasteiger partial charge is 0.274 e. The first kappa shape index (κ1) is 16.0. The van der Waals surface area contributed by atoms with Crippen LogP contribution in [0.3, 0.4) is 0 Å². The number of methoxy groups -OCH3 is 1. The van der Waals surface area contributed by atoms with E-state index in [0.717, 1.165) is 18.4 Å². The molecule has 25 heavy (non-hydrogen) atoms. The van der Waals surface area contributed by atoms with Crippen molar-refractivity contribution >= 4 is 5.91 Å². The number of aliphatic hydroxyl groups is 1. The summed E-state index contributed by atoms with van der Waals surface area (Å²) in [5, 5.41) is 11.4. The van der Waals surface area contributed by atoms with E-state index in [2.05, 4.69) is 9.97 Å². The number of hydrogen-bond donors (Lipinski definition) is 1. The van der Waals surface area contributed by atoms with Gasteiger partial charge in [0.05, 0.1) is 18.9 Å². The summed E-state index contributed by atoms with van der Waals surface area (Å²) in [6.45, 7) is 0. The first-order valence-corrected chi connectivity index (χ1v) is 8.57. The normalized spacial score (nSPS) is 28.0. The zero-order valence-corrected chi connectivity index (χ0v) is 14.1. The molecular weight excluding hydrogens is 318 g/mol. The molecule has 0 aliphatic carbocycles. The largest absolute Gasteiger partial charge is 0.496 e. The molecule has 0 radical (unpaired) electrons. The number of para-hydroxylation sites is 1. The van der Waals surface area contributed by atoms with E-state index in [-0.39, 0.29) is 18.0 Å². The second kappa shape index (κ2) is 6.11. The van der Waals surface area contributed by atoms with E-state index >= 15 is 0 Å². The maximum atomic E-state index is 12.8. The van der Waals surface area contributed by atoms with Crippen LogP contribution < -0.4 is 4.74 Å². The van der Waals surface area contributed by atoms with Crippen LogP contribution in [0.4, 0.5) is 0 Å². The van der Waals surface area contributed by atoms with Gasteiger partial charge in [-0.25, -0.2) is 4.98 Å². The summed E-state index contributed by atoms with van der Waals surface area (Å²) in [6.07, 6.45) is 7.41. The highest BCUT2D eigenvalue weighted by Gasteiger charge is 2.51. The van der Waals surface area contributed by atoms with Crippen LogP contribution in [0.15, 0.2) is 42.9 Å². The summed E-state index contributed by atoms with van der Waals surface area (Å²) in [7, 11) is 1.61. The molecule has 6 heteroatoms. The van der Waals surface area contributed by atoms with Gasteiger partial charge in [0.2, 0.25) is 0 Å². The number of fused-ring (bicyclic) bond motifs is 2. The average molecular weight is 339 g/mol. The Hall–Kier alpha value is -2.47. The van der Waals surface area contributed by atoms with Gasteiger partial charge in [-0.05, 0) is 18.9 Å². The summed E-state index contributed by atoms with van der Waals surface area (Å²) >= 11 is 0. The van der Waals surface area contributed by atoms with Crippen molar-refractivity contribution in [3.05, 3.63) is 54.1 Å². The molecule has 2 bridgehead atoms. The van der Waals surface area contributed by atoms with Crippen molar-refractivity contribution in [1.29, 1.82) is 0 Å². The van der Waals surface area contributed by atoms with Crippen LogP contribution in [0.1, 0.15) is 41.7 Å². The summed E-state index contributed by atoms with van der Waals surface area (Å²) in [5.74, 6) is 0.598. The van der Waals surface area contributed by atoms with Crippen LogP contribution in [0.2, 0.25) is 0 Å². The third-order valence-corrected chi connectivity index (χ3v) is 5.39. The summed E-state index contributed by atoms with van der Waals surface area (Å²) < 4.78 is 5.44. The predicted molar refractivity (Wildman–Crippen MR) is 91.1 cm³/mol. The predicted octanol–water partition coefficient (Wildman–Crippen LogP) is 2.14. The number of piperidine rings is 1. The van der Waals surface area contributed by atoms with Crippen molar-refractivity contribution < 1.29 is 14.6 Å². The number of rotatable bonds is 3. The molecule has 130 valence electrons. The monoisotopic (exact) mass is 339 g/mol. The average Bonchev–Trinajstić information content (AvgIpc) is 2.93. The third-order valence-electron chi connectivity index (χ3n) is 5.39. The van der Waals surface area contributed by atoms with Crippen molar-refractivity contribution in [1.82, 2.24) is 14.9 Å². The zero-order chi connectivity index (χ0) is 17.4. The fraction of sp³-hybridized carbons (Fsp3) is 0.421. The molecule has 1 aromatic heterocycles. The highest BCUT2D eigenvalue weighted by molar-refractivity contribution is 5.92. The molecule has 0 spiro atoms. The van der Waals surface area contributed by atoms with Gasteiger partial charge in [0.25, 0.3) is 5.91 Å². The minimum absolute atomic E-state index is 0.00293. The fourth-order valence-electron chi connectivity index (χ4n) is 4.35. The van der Waals surface area contributed by atoms with Gasteiger partial charge in [-0.1, -0.05) is 18.2 Å². The first-order valence-electron chi connectivity index (χ1n) is 8.57. The number of ether oxygens (including phenoxy) is 1. The highest BCUT2D eigenvalue weighted by atomic mass is 16.5. The number of benzene rings is 1. The molecule has 6 nitrogen and oxygen atoms in total. The van der Waals surface area contributed by atoms with Crippen LogP contribution in [0.25, 0.3) is 0 Å². The number of hydrogen-bond acceptors (Lipinski definition) is 5. The first-order chi connectivity index (χ1) is 12.1. The minimum atomic E-state index is -0.975. The summed E-state index contributed by atoms with van der Waals surface area (Å²) in [6, 6.07) is 7.60. The lowest BCUT2D eigenvalue weighted by Crippen LogP contribution is -2.52. The molecular formula is C19H21N3O3. The van der Waals surface area contributed by atoms with E-state index in [9.17, 15) is 9.90 Å². The van der Waals surface area contributed by atoms with E-state index in [1.165, 1.54) is 12.4 Å². The number of carbonyl (C=O) groups is 1. The second-order valence-electron chi connectivity index (χ2n) is 6.83. The molecule has 2 unspecified atom stereocenters. The number of amides is 1. The van der Waals surface area contributed by atoms with Crippen LogP contribution in [0.5, 0.6) is 5.75 Å². The van der Waals surface area contributed by atoms with Gasteiger partial charge in [-0.2, -0.15) is 0 Å². The Bertz CT molecular complexity index is 766. The lowest BCUT2D eigenvalue weighted by molar-refractivity contribution is -0.0492. The summed E-state index contributed by atoms with van der Waals surface area (Å²) in [5.41, 5.74) is 0.195. The Balaban J connectivity index is 1.63. The molecule has 2 saturated heterocycles. The molecule has 2 fully saturated rings. The van der Waals surface area contributed by atoms with E-state index in [1.807, 2.05) is 29.2 Å².